The lowest BCUT2D eigenvalue weighted by molar-refractivity contribution is 0.0954. The van der Waals surface area contributed by atoms with Gasteiger partial charge in [-0.25, -0.2) is 0 Å². The van der Waals surface area contributed by atoms with Crippen LogP contribution in [0.3, 0.4) is 0 Å². The normalized spacial score (nSPS) is 13.0. The Labute approximate surface area is 181 Å². The molecule has 9 heteroatoms. The Hall–Kier alpha value is -2.56. The predicted octanol–water partition coefficient (Wildman–Crippen LogP) is 2.28. The number of benzene rings is 1. The molecule has 2 heterocycles. The zero-order valence-corrected chi connectivity index (χ0v) is 17.9. The molecule has 3 N–H and O–H groups in total. The van der Waals surface area contributed by atoms with Gasteiger partial charge in [0.25, 0.3) is 5.91 Å². The van der Waals surface area contributed by atoms with Crippen molar-refractivity contribution < 1.29 is 14.3 Å². The van der Waals surface area contributed by atoms with Crippen molar-refractivity contribution in [1.29, 1.82) is 0 Å². The summed E-state index contributed by atoms with van der Waals surface area (Å²) in [6.45, 7) is 2.28. The summed E-state index contributed by atoms with van der Waals surface area (Å²) in [5, 5.41) is 9.18. The second-order valence-corrected chi connectivity index (χ2v) is 5.83. The number of guanidine groups is 1. The molecule has 150 valence electrons. The Balaban J connectivity index is 0.00000280. The molecule has 1 aliphatic rings. The van der Waals surface area contributed by atoms with Gasteiger partial charge in [0.2, 0.25) is 0 Å². The fourth-order valence-electron chi connectivity index (χ4n) is 2.51. The first kappa shape index (κ1) is 21.7. The predicted molar refractivity (Wildman–Crippen MR) is 119 cm³/mol. The SMILES string of the molecule is CN=C(NCCNC(=O)c1cccnc1)Nc1ccc2c(c1)OCCCO2.I. The van der Waals surface area contributed by atoms with Crippen LogP contribution in [0.15, 0.2) is 47.7 Å². The number of hydrogen-bond donors (Lipinski definition) is 3. The molecule has 0 spiro atoms. The number of amides is 1. The number of ether oxygens (including phenoxy) is 2. The average molecular weight is 497 g/mol. The molecule has 0 bridgehead atoms. The molecule has 0 saturated heterocycles. The molecule has 3 rings (SSSR count). The van der Waals surface area contributed by atoms with E-state index in [2.05, 4.69) is 25.9 Å². The molecule has 0 radical (unpaired) electrons. The summed E-state index contributed by atoms with van der Waals surface area (Å²) in [6.07, 6.45) is 4.03. The van der Waals surface area contributed by atoms with Crippen LogP contribution >= 0.6 is 24.0 Å². The van der Waals surface area contributed by atoms with Crippen LogP contribution in [0.1, 0.15) is 16.8 Å². The van der Waals surface area contributed by atoms with E-state index in [-0.39, 0.29) is 29.9 Å². The minimum absolute atomic E-state index is 0. The summed E-state index contributed by atoms with van der Waals surface area (Å²) < 4.78 is 11.3. The minimum atomic E-state index is -0.157. The number of nitrogens with one attached hydrogen (secondary N) is 3. The van der Waals surface area contributed by atoms with Crippen molar-refractivity contribution in [3.63, 3.8) is 0 Å². The molecule has 0 aliphatic carbocycles. The lowest BCUT2D eigenvalue weighted by Gasteiger charge is -2.14. The first-order chi connectivity index (χ1) is 13.3. The molecular weight excluding hydrogens is 473 g/mol. The third kappa shape index (κ3) is 6.25. The summed E-state index contributed by atoms with van der Waals surface area (Å²) in [4.78, 5) is 20.1. The van der Waals surface area contributed by atoms with Crippen molar-refractivity contribution in [2.24, 2.45) is 4.99 Å². The molecule has 0 saturated carbocycles. The Morgan fingerprint density at radius 3 is 2.68 bits per heavy atom. The number of halogens is 1. The highest BCUT2D eigenvalue weighted by molar-refractivity contribution is 14.0. The number of carbonyl (C=O) groups excluding carboxylic acids is 1. The van der Waals surface area contributed by atoms with Crippen molar-refractivity contribution in [2.75, 3.05) is 38.7 Å². The van der Waals surface area contributed by atoms with Crippen LogP contribution in [-0.2, 0) is 0 Å². The summed E-state index contributed by atoms with van der Waals surface area (Å²) in [7, 11) is 1.69. The van der Waals surface area contributed by atoms with Gasteiger partial charge in [-0.1, -0.05) is 0 Å². The lowest BCUT2D eigenvalue weighted by atomic mass is 10.2. The van der Waals surface area contributed by atoms with E-state index in [1.807, 2.05) is 18.2 Å². The quantitative estimate of drug-likeness (QED) is 0.254. The minimum Gasteiger partial charge on any atom is -0.490 e. The number of anilines is 1. The van der Waals surface area contributed by atoms with Crippen molar-refractivity contribution in [1.82, 2.24) is 15.6 Å². The largest absolute Gasteiger partial charge is 0.490 e. The van der Waals surface area contributed by atoms with E-state index in [1.165, 1.54) is 6.20 Å². The Morgan fingerprint density at radius 1 is 1.14 bits per heavy atom. The molecule has 1 aromatic heterocycles. The Bertz CT molecular complexity index is 801. The van der Waals surface area contributed by atoms with E-state index in [0.29, 0.717) is 37.8 Å². The summed E-state index contributed by atoms with van der Waals surface area (Å²) >= 11 is 0. The second-order valence-electron chi connectivity index (χ2n) is 5.83. The third-order valence-electron chi connectivity index (χ3n) is 3.86. The standard InChI is InChI=1S/C19H23N5O3.HI/c1-20-19(23-9-8-22-18(25)14-4-2-7-21-13-14)24-15-5-6-16-17(12-15)27-11-3-10-26-16;/h2,4-7,12-13H,3,8-11H2,1H3,(H,22,25)(H2,20,23,24);1H. The maximum atomic E-state index is 12.0. The number of rotatable bonds is 5. The van der Waals surface area contributed by atoms with Crippen LogP contribution in [0, 0.1) is 0 Å². The van der Waals surface area contributed by atoms with E-state index in [4.69, 9.17) is 9.47 Å². The molecule has 0 unspecified atom stereocenters. The van der Waals surface area contributed by atoms with Crippen LogP contribution < -0.4 is 25.4 Å². The Kier molecular flexibility index (Phi) is 8.79. The molecule has 2 aromatic rings. The second kappa shape index (κ2) is 11.3. The highest BCUT2D eigenvalue weighted by Gasteiger charge is 2.11. The number of aliphatic imine (C=N–C) groups is 1. The maximum Gasteiger partial charge on any atom is 0.252 e. The van der Waals surface area contributed by atoms with Gasteiger partial charge in [-0.15, -0.1) is 24.0 Å². The molecule has 0 fully saturated rings. The number of fused-ring (bicyclic) bond motifs is 1. The fraction of sp³-hybridized carbons (Fsp3) is 0.316. The number of pyridine rings is 1. The van der Waals surface area contributed by atoms with Gasteiger partial charge < -0.3 is 25.4 Å². The lowest BCUT2D eigenvalue weighted by Crippen LogP contribution is -2.37. The molecule has 1 aromatic carbocycles. The third-order valence-corrected chi connectivity index (χ3v) is 3.86. The highest BCUT2D eigenvalue weighted by atomic mass is 127. The summed E-state index contributed by atoms with van der Waals surface area (Å²) in [6, 6.07) is 9.13. The first-order valence-corrected chi connectivity index (χ1v) is 8.82. The van der Waals surface area contributed by atoms with Gasteiger partial charge in [-0.05, 0) is 24.3 Å². The monoisotopic (exact) mass is 497 g/mol. The zero-order chi connectivity index (χ0) is 18.9. The number of hydrogen-bond acceptors (Lipinski definition) is 5. The van der Waals surface area contributed by atoms with E-state index >= 15 is 0 Å². The van der Waals surface area contributed by atoms with E-state index in [9.17, 15) is 4.79 Å². The van der Waals surface area contributed by atoms with Crippen molar-refractivity contribution >= 4 is 41.5 Å². The number of carbonyl (C=O) groups is 1. The average Bonchev–Trinajstić information content (AvgIpc) is 2.95. The van der Waals surface area contributed by atoms with Crippen LogP contribution in [-0.4, -0.2) is 50.2 Å². The summed E-state index contributed by atoms with van der Waals surface area (Å²) in [5.41, 5.74) is 1.37. The van der Waals surface area contributed by atoms with Crippen molar-refractivity contribution in [3.8, 4) is 11.5 Å². The van der Waals surface area contributed by atoms with Gasteiger partial charge in [-0.2, -0.15) is 0 Å². The molecule has 28 heavy (non-hydrogen) atoms. The zero-order valence-electron chi connectivity index (χ0n) is 15.6. The number of nitrogens with zero attached hydrogens (tertiary/aromatic N) is 2. The van der Waals surface area contributed by atoms with E-state index in [1.54, 1.807) is 25.4 Å². The Morgan fingerprint density at radius 2 is 1.93 bits per heavy atom. The van der Waals surface area contributed by atoms with Crippen LogP contribution in [0.4, 0.5) is 5.69 Å². The van der Waals surface area contributed by atoms with Gasteiger partial charge >= 0.3 is 0 Å². The van der Waals surface area contributed by atoms with Crippen molar-refractivity contribution in [2.45, 2.75) is 6.42 Å². The fourth-order valence-corrected chi connectivity index (χ4v) is 2.51. The maximum absolute atomic E-state index is 12.0. The smallest absolute Gasteiger partial charge is 0.252 e. The molecule has 1 aliphatic heterocycles. The van der Waals surface area contributed by atoms with Gasteiger partial charge in [-0.3, -0.25) is 14.8 Å². The van der Waals surface area contributed by atoms with Crippen molar-refractivity contribution in [3.05, 3.63) is 48.3 Å². The van der Waals surface area contributed by atoms with E-state index < -0.39 is 0 Å². The van der Waals surface area contributed by atoms with E-state index in [0.717, 1.165) is 23.6 Å². The molecular formula is C19H24IN5O3. The molecule has 1 amide bonds. The van der Waals surface area contributed by atoms with Crippen LogP contribution in [0.25, 0.3) is 0 Å². The first-order valence-electron chi connectivity index (χ1n) is 8.82. The van der Waals surface area contributed by atoms with Crippen LogP contribution in [0.5, 0.6) is 11.5 Å². The molecule has 8 nitrogen and oxygen atoms in total. The highest BCUT2D eigenvalue weighted by Crippen LogP contribution is 2.32. The number of aromatic nitrogens is 1. The van der Waals surface area contributed by atoms with Crippen LogP contribution in [0.2, 0.25) is 0 Å². The topological polar surface area (TPSA) is 96.9 Å². The van der Waals surface area contributed by atoms with Gasteiger partial charge in [0, 0.05) is 50.7 Å². The van der Waals surface area contributed by atoms with Gasteiger partial charge in [0.15, 0.2) is 17.5 Å². The molecule has 0 atom stereocenters. The van der Waals surface area contributed by atoms with Gasteiger partial charge in [0.05, 0.1) is 18.8 Å². The summed E-state index contributed by atoms with van der Waals surface area (Å²) in [5.74, 6) is 1.91. The van der Waals surface area contributed by atoms with Gasteiger partial charge in [0.1, 0.15) is 0 Å².